The van der Waals surface area contributed by atoms with Crippen molar-refractivity contribution >= 4 is 0 Å². The predicted octanol–water partition coefficient (Wildman–Crippen LogP) is 3.44. The van der Waals surface area contributed by atoms with E-state index >= 15 is 0 Å². The summed E-state index contributed by atoms with van der Waals surface area (Å²) >= 11 is 0. The van der Waals surface area contributed by atoms with E-state index in [1.54, 1.807) is 0 Å². The Bertz CT molecular complexity index is 221. The summed E-state index contributed by atoms with van der Waals surface area (Å²) in [4.78, 5) is 2.51. The molecule has 2 atom stereocenters. The summed E-state index contributed by atoms with van der Waals surface area (Å²) in [6, 6.07) is 0.673. The summed E-state index contributed by atoms with van der Waals surface area (Å²) in [6.07, 6.45) is 11.2. The first-order valence-corrected chi connectivity index (χ1v) is 7.87. The highest BCUT2D eigenvalue weighted by Crippen LogP contribution is 2.17. The summed E-state index contributed by atoms with van der Waals surface area (Å²) < 4.78 is 0. The van der Waals surface area contributed by atoms with E-state index in [2.05, 4.69) is 43.1 Å². The van der Waals surface area contributed by atoms with Crippen LogP contribution in [0.15, 0.2) is 12.2 Å². The lowest BCUT2D eigenvalue weighted by atomic mass is 9.94. The van der Waals surface area contributed by atoms with Crippen LogP contribution in [0.5, 0.6) is 0 Å². The first-order chi connectivity index (χ1) is 8.76. The molecule has 0 saturated carbocycles. The minimum absolute atomic E-state index is 0.673. The molecule has 0 saturated heterocycles. The number of allylic oxidation sites excluding steroid dienone is 2. The van der Waals surface area contributed by atoms with Crippen molar-refractivity contribution in [1.82, 2.24) is 10.2 Å². The van der Waals surface area contributed by atoms with Crippen molar-refractivity contribution in [3.63, 3.8) is 0 Å². The summed E-state index contributed by atoms with van der Waals surface area (Å²) in [5.41, 5.74) is 0. The standard InChI is InChI=1S/C16H32N2/c1-4-18(5-2)13-9-10-15(3)17-14-16-11-7-6-8-12-16/h6-7,15-17H,4-5,8-14H2,1-3H3. The van der Waals surface area contributed by atoms with Gasteiger partial charge in [0.25, 0.3) is 0 Å². The molecule has 2 nitrogen and oxygen atoms in total. The Morgan fingerprint density at radius 3 is 2.67 bits per heavy atom. The minimum atomic E-state index is 0.673. The van der Waals surface area contributed by atoms with Crippen molar-refractivity contribution in [2.75, 3.05) is 26.2 Å². The zero-order valence-electron chi connectivity index (χ0n) is 12.6. The van der Waals surface area contributed by atoms with Gasteiger partial charge in [0.2, 0.25) is 0 Å². The van der Waals surface area contributed by atoms with Gasteiger partial charge in [-0.05, 0) is 71.1 Å². The molecule has 0 aliphatic heterocycles. The molecule has 0 aromatic heterocycles. The highest BCUT2D eigenvalue weighted by molar-refractivity contribution is 4.90. The van der Waals surface area contributed by atoms with Crippen molar-refractivity contribution in [1.29, 1.82) is 0 Å². The van der Waals surface area contributed by atoms with Gasteiger partial charge in [-0.3, -0.25) is 0 Å². The Morgan fingerprint density at radius 2 is 2.06 bits per heavy atom. The SMILES string of the molecule is CCN(CC)CCCC(C)NCC1CC=CCC1. The highest BCUT2D eigenvalue weighted by atomic mass is 15.1. The maximum Gasteiger partial charge on any atom is 0.00393 e. The molecule has 2 unspecified atom stereocenters. The van der Waals surface area contributed by atoms with Gasteiger partial charge < -0.3 is 10.2 Å². The second-order valence-electron chi connectivity index (χ2n) is 5.63. The van der Waals surface area contributed by atoms with Gasteiger partial charge in [-0.1, -0.05) is 26.0 Å². The van der Waals surface area contributed by atoms with Crippen molar-refractivity contribution < 1.29 is 0 Å². The Balaban J connectivity index is 2.02. The molecular weight excluding hydrogens is 220 g/mol. The number of hydrogen-bond donors (Lipinski definition) is 1. The molecule has 106 valence electrons. The first kappa shape index (κ1) is 15.7. The van der Waals surface area contributed by atoms with Crippen LogP contribution in [0, 0.1) is 5.92 Å². The molecule has 1 N–H and O–H groups in total. The van der Waals surface area contributed by atoms with E-state index in [-0.39, 0.29) is 0 Å². The lowest BCUT2D eigenvalue weighted by Gasteiger charge is -2.23. The lowest BCUT2D eigenvalue weighted by molar-refractivity contribution is 0.288. The van der Waals surface area contributed by atoms with Gasteiger partial charge >= 0.3 is 0 Å². The van der Waals surface area contributed by atoms with Crippen LogP contribution in [-0.2, 0) is 0 Å². The van der Waals surface area contributed by atoms with Gasteiger partial charge in [-0.2, -0.15) is 0 Å². The van der Waals surface area contributed by atoms with E-state index in [1.807, 2.05) is 0 Å². The Kier molecular flexibility index (Phi) is 8.36. The molecule has 0 heterocycles. The molecule has 2 heteroatoms. The van der Waals surface area contributed by atoms with Crippen molar-refractivity contribution in [2.24, 2.45) is 5.92 Å². The molecule has 0 fully saturated rings. The Hall–Kier alpha value is -0.340. The quantitative estimate of drug-likeness (QED) is 0.632. The molecular formula is C16H32N2. The fourth-order valence-corrected chi connectivity index (χ4v) is 2.67. The fourth-order valence-electron chi connectivity index (χ4n) is 2.67. The van der Waals surface area contributed by atoms with Crippen LogP contribution in [0.25, 0.3) is 0 Å². The normalized spacial score (nSPS) is 21.4. The molecule has 0 radical (unpaired) electrons. The summed E-state index contributed by atoms with van der Waals surface area (Å²) in [7, 11) is 0. The summed E-state index contributed by atoms with van der Waals surface area (Å²) in [5, 5.41) is 3.71. The second kappa shape index (κ2) is 9.57. The Morgan fingerprint density at radius 1 is 1.28 bits per heavy atom. The van der Waals surface area contributed by atoms with Crippen LogP contribution in [0.3, 0.4) is 0 Å². The summed E-state index contributed by atoms with van der Waals surface area (Å²) in [5.74, 6) is 0.875. The van der Waals surface area contributed by atoms with Crippen LogP contribution >= 0.6 is 0 Å². The molecule has 1 aliphatic rings. The largest absolute Gasteiger partial charge is 0.314 e. The zero-order chi connectivity index (χ0) is 13.2. The third-order valence-corrected chi connectivity index (χ3v) is 4.14. The molecule has 1 aliphatic carbocycles. The van der Waals surface area contributed by atoms with Gasteiger partial charge in [-0.25, -0.2) is 0 Å². The van der Waals surface area contributed by atoms with Gasteiger partial charge in [-0.15, -0.1) is 0 Å². The lowest BCUT2D eigenvalue weighted by Crippen LogP contribution is -2.32. The first-order valence-electron chi connectivity index (χ1n) is 7.87. The second-order valence-corrected chi connectivity index (χ2v) is 5.63. The van der Waals surface area contributed by atoms with Crippen LogP contribution in [0.4, 0.5) is 0 Å². The topological polar surface area (TPSA) is 15.3 Å². The predicted molar refractivity (Wildman–Crippen MR) is 81.0 cm³/mol. The molecule has 18 heavy (non-hydrogen) atoms. The monoisotopic (exact) mass is 252 g/mol. The third-order valence-electron chi connectivity index (χ3n) is 4.14. The van der Waals surface area contributed by atoms with Crippen molar-refractivity contribution in [3.05, 3.63) is 12.2 Å². The molecule has 0 aromatic carbocycles. The van der Waals surface area contributed by atoms with Crippen LogP contribution in [0.2, 0.25) is 0 Å². The van der Waals surface area contributed by atoms with Crippen molar-refractivity contribution in [2.45, 2.75) is 58.9 Å². The van der Waals surface area contributed by atoms with Gasteiger partial charge in [0.1, 0.15) is 0 Å². The minimum Gasteiger partial charge on any atom is -0.314 e. The number of nitrogens with one attached hydrogen (secondary N) is 1. The maximum atomic E-state index is 3.71. The molecule has 0 aromatic rings. The number of rotatable bonds is 9. The van der Waals surface area contributed by atoms with E-state index in [4.69, 9.17) is 0 Å². The fraction of sp³-hybridized carbons (Fsp3) is 0.875. The molecule has 1 rings (SSSR count). The van der Waals surface area contributed by atoms with Gasteiger partial charge in [0.15, 0.2) is 0 Å². The van der Waals surface area contributed by atoms with E-state index in [1.165, 1.54) is 58.3 Å². The number of nitrogens with zero attached hydrogens (tertiary/aromatic N) is 1. The average molecular weight is 252 g/mol. The van der Waals surface area contributed by atoms with E-state index in [0.717, 1.165) is 5.92 Å². The van der Waals surface area contributed by atoms with Crippen LogP contribution in [-0.4, -0.2) is 37.1 Å². The van der Waals surface area contributed by atoms with Gasteiger partial charge in [0, 0.05) is 6.04 Å². The average Bonchev–Trinajstić information content (AvgIpc) is 2.42. The highest BCUT2D eigenvalue weighted by Gasteiger charge is 2.11. The molecule has 0 amide bonds. The Labute approximate surface area is 114 Å². The smallest absolute Gasteiger partial charge is 0.00393 e. The van der Waals surface area contributed by atoms with E-state index < -0.39 is 0 Å². The number of hydrogen-bond acceptors (Lipinski definition) is 2. The van der Waals surface area contributed by atoms with Gasteiger partial charge in [0.05, 0.1) is 0 Å². The molecule has 0 bridgehead atoms. The molecule has 0 spiro atoms. The summed E-state index contributed by atoms with van der Waals surface area (Å²) in [6.45, 7) is 11.7. The van der Waals surface area contributed by atoms with Crippen molar-refractivity contribution in [3.8, 4) is 0 Å². The maximum absolute atomic E-state index is 3.71. The zero-order valence-corrected chi connectivity index (χ0v) is 12.6. The van der Waals surface area contributed by atoms with E-state index in [9.17, 15) is 0 Å². The van der Waals surface area contributed by atoms with Crippen LogP contribution < -0.4 is 5.32 Å². The third kappa shape index (κ3) is 6.55. The van der Waals surface area contributed by atoms with E-state index in [0.29, 0.717) is 6.04 Å². The van der Waals surface area contributed by atoms with Crippen LogP contribution in [0.1, 0.15) is 52.9 Å².